The third kappa shape index (κ3) is 4.50. The standard InChI is InChI=1S/C20H19ClN2O2/c1-14-9-10-16(12-18(14)21)23-20(24)19(15-6-3-2-4-7-15)22-13-17-8-5-11-25-17/h2-12,19,22H,13H2,1H3,(H,23,24). The summed E-state index contributed by atoms with van der Waals surface area (Å²) < 4.78 is 5.34. The Balaban J connectivity index is 1.77. The van der Waals surface area contributed by atoms with E-state index in [1.807, 2.05) is 61.5 Å². The highest BCUT2D eigenvalue weighted by molar-refractivity contribution is 6.31. The molecule has 3 aromatic rings. The zero-order chi connectivity index (χ0) is 17.6. The van der Waals surface area contributed by atoms with Crippen molar-refractivity contribution >= 4 is 23.2 Å². The molecule has 1 heterocycles. The highest BCUT2D eigenvalue weighted by Crippen LogP contribution is 2.22. The van der Waals surface area contributed by atoms with E-state index in [2.05, 4.69) is 10.6 Å². The van der Waals surface area contributed by atoms with Crippen LogP contribution >= 0.6 is 11.6 Å². The average molecular weight is 355 g/mol. The van der Waals surface area contributed by atoms with Crippen LogP contribution in [0.2, 0.25) is 5.02 Å². The van der Waals surface area contributed by atoms with Crippen LogP contribution in [0.1, 0.15) is 22.9 Å². The van der Waals surface area contributed by atoms with Crippen LogP contribution < -0.4 is 10.6 Å². The van der Waals surface area contributed by atoms with Crippen molar-refractivity contribution in [2.75, 3.05) is 5.32 Å². The van der Waals surface area contributed by atoms with Crippen LogP contribution in [-0.2, 0) is 11.3 Å². The predicted octanol–water partition coefficient (Wildman–Crippen LogP) is 4.71. The molecule has 2 N–H and O–H groups in total. The first kappa shape index (κ1) is 17.3. The summed E-state index contributed by atoms with van der Waals surface area (Å²) >= 11 is 6.14. The fraction of sp³-hybridized carbons (Fsp3) is 0.150. The minimum absolute atomic E-state index is 0.155. The van der Waals surface area contributed by atoms with Gasteiger partial charge in [0.15, 0.2) is 0 Å². The van der Waals surface area contributed by atoms with Crippen molar-refractivity contribution in [2.24, 2.45) is 0 Å². The minimum atomic E-state index is -0.508. The Morgan fingerprint density at radius 2 is 1.92 bits per heavy atom. The Bertz CT molecular complexity index is 832. The van der Waals surface area contributed by atoms with E-state index in [-0.39, 0.29) is 5.91 Å². The number of anilines is 1. The summed E-state index contributed by atoms with van der Waals surface area (Å²) in [4.78, 5) is 12.8. The molecule has 25 heavy (non-hydrogen) atoms. The van der Waals surface area contributed by atoms with Crippen molar-refractivity contribution in [3.8, 4) is 0 Å². The van der Waals surface area contributed by atoms with Crippen molar-refractivity contribution in [3.63, 3.8) is 0 Å². The number of carbonyl (C=O) groups excluding carboxylic acids is 1. The topological polar surface area (TPSA) is 54.3 Å². The number of nitrogens with one attached hydrogen (secondary N) is 2. The molecule has 2 aromatic carbocycles. The summed E-state index contributed by atoms with van der Waals surface area (Å²) in [7, 11) is 0. The van der Waals surface area contributed by atoms with Gasteiger partial charge in [-0.2, -0.15) is 0 Å². The number of halogens is 1. The molecule has 3 rings (SSSR count). The molecule has 0 saturated carbocycles. The second-order valence-corrected chi connectivity index (χ2v) is 6.16. The van der Waals surface area contributed by atoms with Crippen molar-refractivity contribution in [2.45, 2.75) is 19.5 Å². The molecule has 1 aromatic heterocycles. The van der Waals surface area contributed by atoms with Gasteiger partial charge in [-0.15, -0.1) is 0 Å². The summed E-state index contributed by atoms with van der Waals surface area (Å²) in [6, 6.07) is 18.2. The molecular weight excluding hydrogens is 336 g/mol. The number of amides is 1. The lowest BCUT2D eigenvalue weighted by atomic mass is 10.1. The maximum absolute atomic E-state index is 12.8. The second-order valence-electron chi connectivity index (χ2n) is 5.76. The molecule has 128 valence electrons. The first-order valence-corrected chi connectivity index (χ1v) is 8.39. The lowest BCUT2D eigenvalue weighted by Gasteiger charge is -2.18. The highest BCUT2D eigenvalue weighted by Gasteiger charge is 2.20. The van der Waals surface area contributed by atoms with E-state index in [0.717, 1.165) is 16.9 Å². The molecule has 0 aliphatic rings. The number of aryl methyl sites for hydroxylation is 1. The molecule has 1 amide bonds. The SMILES string of the molecule is Cc1ccc(NC(=O)C(NCc2ccco2)c2ccccc2)cc1Cl. The van der Waals surface area contributed by atoms with Crippen LogP contribution in [0, 0.1) is 6.92 Å². The molecule has 0 radical (unpaired) electrons. The van der Waals surface area contributed by atoms with E-state index >= 15 is 0 Å². The quantitative estimate of drug-likeness (QED) is 0.674. The fourth-order valence-corrected chi connectivity index (χ4v) is 2.69. The Morgan fingerprint density at radius 1 is 1.12 bits per heavy atom. The largest absolute Gasteiger partial charge is 0.468 e. The van der Waals surface area contributed by atoms with Crippen LogP contribution in [0.15, 0.2) is 71.3 Å². The molecule has 4 nitrogen and oxygen atoms in total. The van der Waals surface area contributed by atoms with Crippen molar-refractivity contribution in [1.29, 1.82) is 0 Å². The molecule has 0 spiro atoms. The fourth-order valence-electron chi connectivity index (χ4n) is 2.51. The van der Waals surface area contributed by atoms with Gasteiger partial charge in [0.25, 0.3) is 0 Å². The highest BCUT2D eigenvalue weighted by atomic mass is 35.5. The third-order valence-electron chi connectivity index (χ3n) is 3.89. The number of carbonyl (C=O) groups is 1. The number of benzene rings is 2. The number of hydrogen-bond acceptors (Lipinski definition) is 3. The smallest absolute Gasteiger partial charge is 0.246 e. The van der Waals surface area contributed by atoms with E-state index in [9.17, 15) is 4.79 Å². The lowest BCUT2D eigenvalue weighted by Crippen LogP contribution is -2.32. The van der Waals surface area contributed by atoms with Crippen molar-refractivity contribution in [1.82, 2.24) is 5.32 Å². The maximum Gasteiger partial charge on any atom is 0.246 e. The Morgan fingerprint density at radius 3 is 2.60 bits per heavy atom. The van der Waals surface area contributed by atoms with Crippen LogP contribution in [-0.4, -0.2) is 5.91 Å². The maximum atomic E-state index is 12.8. The van der Waals surface area contributed by atoms with Crippen LogP contribution in [0.4, 0.5) is 5.69 Å². The molecule has 0 aliphatic heterocycles. The summed E-state index contributed by atoms with van der Waals surface area (Å²) in [5.74, 6) is 0.616. The third-order valence-corrected chi connectivity index (χ3v) is 4.30. The molecule has 1 unspecified atom stereocenters. The van der Waals surface area contributed by atoms with E-state index in [1.54, 1.807) is 12.3 Å². The Labute approximate surface area is 151 Å². The summed E-state index contributed by atoms with van der Waals surface area (Å²) in [6.45, 7) is 2.38. The van der Waals surface area contributed by atoms with Gasteiger partial charge in [0.2, 0.25) is 5.91 Å². The average Bonchev–Trinajstić information content (AvgIpc) is 3.13. The zero-order valence-corrected chi connectivity index (χ0v) is 14.6. The molecule has 0 aliphatic carbocycles. The molecular formula is C20H19ClN2O2. The van der Waals surface area contributed by atoms with Gasteiger partial charge < -0.3 is 9.73 Å². The van der Waals surface area contributed by atoms with Gasteiger partial charge in [-0.3, -0.25) is 10.1 Å². The summed E-state index contributed by atoms with van der Waals surface area (Å²) in [5.41, 5.74) is 2.52. The van der Waals surface area contributed by atoms with Gasteiger partial charge in [-0.05, 0) is 42.3 Å². The van der Waals surface area contributed by atoms with E-state index in [1.165, 1.54) is 0 Å². The van der Waals surface area contributed by atoms with E-state index < -0.39 is 6.04 Å². The van der Waals surface area contributed by atoms with E-state index in [4.69, 9.17) is 16.0 Å². The Kier molecular flexibility index (Phi) is 5.53. The van der Waals surface area contributed by atoms with Gasteiger partial charge in [-0.1, -0.05) is 48.0 Å². The number of furan rings is 1. The van der Waals surface area contributed by atoms with Crippen molar-refractivity contribution < 1.29 is 9.21 Å². The molecule has 0 saturated heterocycles. The van der Waals surface area contributed by atoms with Gasteiger partial charge in [0, 0.05) is 10.7 Å². The van der Waals surface area contributed by atoms with E-state index in [0.29, 0.717) is 17.3 Å². The predicted molar refractivity (Wildman–Crippen MR) is 99.5 cm³/mol. The Hall–Kier alpha value is -2.56. The van der Waals surface area contributed by atoms with Gasteiger partial charge in [-0.25, -0.2) is 0 Å². The normalized spacial score (nSPS) is 11.9. The molecule has 1 atom stereocenters. The first-order valence-electron chi connectivity index (χ1n) is 8.01. The van der Waals surface area contributed by atoms with Crippen LogP contribution in [0.5, 0.6) is 0 Å². The zero-order valence-electron chi connectivity index (χ0n) is 13.8. The van der Waals surface area contributed by atoms with Crippen molar-refractivity contribution in [3.05, 3.63) is 88.8 Å². The molecule has 0 fully saturated rings. The summed E-state index contributed by atoms with van der Waals surface area (Å²) in [6.07, 6.45) is 1.61. The minimum Gasteiger partial charge on any atom is -0.468 e. The van der Waals surface area contributed by atoms with Gasteiger partial charge in [0.1, 0.15) is 11.8 Å². The number of rotatable bonds is 6. The summed E-state index contributed by atoms with van der Waals surface area (Å²) in [5, 5.41) is 6.79. The number of hydrogen-bond donors (Lipinski definition) is 2. The lowest BCUT2D eigenvalue weighted by molar-refractivity contribution is -0.118. The molecule has 5 heteroatoms. The van der Waals surface area contributed by atoms with Crippen LogP contribution in [0.25, 0.3) is 0 Å². The molecule has 0 bridgehead atoms. The first-order chi connectivity index (χ1) is 12.1. The second kappa shape index (κ2) is 8.01. The van der Waals surface area contributed by atoms with Gasteiger partial charge >= 0.3 is 0 Å². The van der Waals surface area contributed by atoms with Crippen LogP contribution in [0.3, 0.4) is 0 Å². The monoisotopic (exact) mass is 354 g/mol. The van der Waals surface area contributed by atoms with Gasteiger partial charge in [0.05, 0.1) is 12.8 Å².